The third kappa shape index (κ3) is 22.5. The molecule has 0 aromatic heterocycles. The van der Waals surface area contributed by atoms with Gasteiger partial charge in [0.2, 0.25) is 0 Å². The second-order valence-corrected chi connectivity index (χ2v) is 13.5. The number of nitrogens with one attached hydrogen (secondary N) is 2. The fourth-order valence-corrected chi connectivity index (χ4v) is 6.76. The van der Waals surface area contributed by atoms with Crippen molar-refractivity contribution in [2.45, 2.75) is 200 Å². The van der Waals surface area contributed by atoms with Gasteiger partial charge < -0.3 is 15.5 Å². The van der Waals surface area contributed by atoms with Gasteiger partial charge in [0.15, 0.2) is 0 Å². The van der Waals surface area contributed by atoms with Crippen molar-refractivity contribution in [3.8, 4) is 0 Å². The SMILES string of the molecule is CCCCCCCC(CCCCC)CNCCCN1CCC(NC(CCCCCCC)CCCCCCC)CC1. The van der Waals surface area contributed by atoms with Crippen molar-refractivity contribution in [2.24, 2.45) is 5.92 Å². The highest BCUT2D eigenvalue weighted by Crippen LogP contribution is 2.19. The van der Waals surface area contributed by atoms with E-state index in [4.69, 9.17) is 0 Å². The van der Waals surface area contributed by atoms with Crippen LogP contribution in [0.4, 0.5) is 0 Å². The predicted octanol–water partition coefficient (Wildman–Crippen LogP) is 10.7. The number of unbranched alkanes of at least 4 members (excludes halogenated alkanes) is 14. The Kier molecular flexibility index (Phi) is 27.5. The summed E-state index contributed by atoms with van der Waals surface area (Å²) in [5, 5.41) is 8.02. The van der Waals surface area contributed by atoms with Crippen LogP contribution in [-0.2, 0) is 0 Å². The molecule has 1 aliphatic heterocycles. The number of hydrogen-bond acceptors (Lipinski definition) is 3. The molecule has 1 heterocycles. The molecule has 240 valence electrons. The number of piperidine rings is 1. The van der Waals surface area contributed by atoms with Crippen LogP contribution in [0.15, 0.2) is 0 Å². The van der Waals surface area contributed by atoms with Gasteiger partial charge in [0.25, 0.3) is 0 Å². The Bertz CT molecular complexity index is 474. The van der Waals surface area contributed by atoms with E-state index in [1.165, 1.54) is 193 Å². The summed E-state index contributed by atoms with van der Waals surface area (Å²) in [7, 11) is 0. The summed E-state index contributed by atoms with van der Waals surface area (Å²) in [4.78, 5) is 2.75. The highest BCUT2D eigenvalue weighted by atomic mass is 15.1. The van der Waals surface area contributed by atoms with Crippen molar-refractivity contribution in [3.63, 3.8) is 0 Å². The van der Waals surface area contributed by atoms with Gasteiger partial charge in [-0.15, -0.1) is 0 Å². The Labute approximate surface area is 254 Å². The minimum atomic E-state index is 0.756. The van der Waals surface area contributed by atoms with Gasteiger partial charge in [0.1, 0.15) is 0 Å². The molecule has 0 amide bonds. The second-order valence-electron chi connectivity index (χ2n) is 13.5. The quantitative estimate of drug-likeness (QED) is 0.0851. The summed E-state index contributed by atoms with van der Waals surface area (Å²) in [6.07, 6.45) is 35.2. The zero-order valence-electron chi connectivity index (χ0n) is 28.4. The molecule has 0 aromatic carbocycles. The molecule has 3 heteroatoms. The van der Waals surface area contributed by atoms with E-state index in [9.17, 15) is 0 Å². The molecule has 1 atom stereocenters. The van der Waals surface area contributed by atoms with Gasteiger partial charge in [-0.3, -0.25) is 0 Å². The van der Waals surface area contributed by atoms with Crippen molar-refractivity contribution < 1.29 is 0 Å². The van der Waals surface area contributed by atoms with Gasteiger partial charge in [-0.2, -0.15) is 0 Å². The number of likely N-dealkylation sites (tertiary alicyclic amines) is 1. The van der Waals surface area contributed by atoms with Gasteiger partial charge in [0, 0.05) is 12.1 Å². The molecule has 0 saturated carbocycles. The van der Waals surface area contributed by atoms with Crippen LogP contribution in [-0.4, -0.2) is 49.7 Å². The first kappa shape index (κ1) is 37.9. The highest BCUT2D eigenvalue weighted by molar-refractivity contribution is 4.81. The Hall–Kier alpha value is -0.120. The Morgan fingerprint density at radius 3 is 1.52 bits per heavy atom. The molecular formula is C37H77N3. The lowest BCUT2D eigenvalue weighted by Crippen LogP contribution is -2.46. The standard InChI is InChI=1S/C37H77N3/c1-5-9-13-16-20-25-35(24-19-12-8-4)34-38-30-23-31-40-32-28-37(29-33-40)39-36(26-21-17-14-10-6-2)27-22-18-15-11-7-3/h35-39H,5-34H2,1-4H3. The smallest absolute Gasteiger partial charge is 0.00940 e. The van der Waals surface area contributed by atoms with Crippen molar-refractivity contribution in [3.05, 3.63) is 0 Å². The maximum atomic E-state index is 4.16. The minimum absolute atomic E-state index is 0.756. The van der Waals surface area contributed by atoms with E-state index < -0.39 is 0 Å². The largest absolute Gasteiger partial charge is 0.316 e. The van der Waals surface area contributed by atoms with Gasteiger partial charge in [0.05, 0.1) is 0 Å². The monoisotopic (exact) mass is 564 g/mol. The van der Waals surface area contributed by atoms with E-state index in [0.717, 1.165) is 18.0 Å². The summed E-state index contributed by atoms with van der Waals surface area (Å²) in [5.41, 5.74) is 0. The lowest BCUT2D eigenvalue weighted by atomic mass is 9.94. The van der Waals surface area contributed by atoms with Crippen molar-refractivity contribution in [1.29, 1.82) is 0 Å². The van der Waals surface area contributed by atoms with Crippen LogP contribution in [0.1, 0.15) is 188 Å². The van der Waals surface area contributed by atoms with Gasteiger partial charge in [-0.1, -0.05) is 143 Å². The first-order valence-corrected chi connectivity index (χ1v) is 18.9. The molecule has 0 aromatic rings. The molecule has 2 N–H and O–H groups in total. The molecule has 1 unspecified atom stereocenters. The molecule has 0 radical (unpaired) electrons. The zero-order chi connectivity index (χ0) is 28.9. The summed E-state index contributed by atoms with van der Waals surface area (Å²) in [6, 6.07) is 1.52. The maximum Gasteiger partial charge on any atom is 0.00940 e. The van der Waals surface area contributed by atoms with Crippen LogP contribution in [0.3, 0.4) is 0 Å². The second kappa shape index (κ2) is 29.0. The Morgan fingerprint density at radius 2 is 1.00 bits per heavy atom. The van der Waals surface area contributed by atoms with E-state index in [2.05, 4.69) is 43.2 Å². The molecule has 3 nitrogen and oxygen atoms in total. The lowest BCUT2D eigenvalue weighted by molar-refractivity contribution is 0.184. The maximum absolute atomic E-state index is 4.16. The summed E-state index contributed by atoms with van der Waals surface area (Å²) in [5.74, 6) is 0.904. The molecule has 0 spiro atoms. The highest BCUT2D eigenvalue weighted by Gasteiger charge is 2.21. The minimum Gasteiger partial charge on any atom is -0.316 e. The Morgan fingerprint density at radius 1 is 0.550 bits per heavy atom. The molecule has 0 aliphatic carbocycles. The molecule has 1 saturated heterocycles. The van der Waals surface area contributed by atoms with E-state index in [1.54, 1.807) is 0 Å². The fourth-order valence-electron chi connectivity index (χ4n) is 6.76. The molecule has 40 heavy (non-hydrogen) atoms. The summed E-state index contributed by atoms with van der Waals surface area (Å²) < 4.78 is 0. The normalized spacial score (nSPS) is 15.8. The summed E-state index contributed by atoms with van der Waals surface area (Å²) in [6.45, 7) is 15.6. The molecule has 1 aliphatic rings. The summed E-state index contributed by atoms with van der Waals surface area (Å²) >= 11 is 0. The average Bonchev–Trinajstić information content (AvgIpc) is 2.97. The molecule has 0 bridgehead atoms. The van der Waals surface area contributed by atoms with Crippen molar-refractivity contribution in [2.75, 3.05) is 32.7 Å². The van der Waals surface area contributed by atoms with Crippen molar-refractivity contribution >= 4 is 0 Å². The van der Waals surface area contributed by atoms with E-state index in [1.807, 2.05) is 0 Å². The lowest BCUT2D eigenvalue weighted by Gasteiger charge is -2.35. The topological polar surface area (TPSA) is 27.3 Å². The molecule has 1 rings (SSSR count). The number of rotatable bonds is 30. The van der Waals surface area contributed by atoms with Crippen LogP contribution in [0, 0.1) is 5.92 Å². The number of nitrogens with zero attached hydrogens (tertiary/aromatic N) is 1. The van der Waals surface area contributed by atoms with Gasteiger partial charge >= 0.3 is 0 Å². The van der Waals surface area contributed by atoms with Crippen LogP contribution in [0.25, 0.3) is 0 Å². The van der Waals surface area contributed by atoms with E-state index in [-0.39, 0.29) is 0 Å². The van der Waals surface area contributed by atoms with Crippen LogP contribution < -0.4 is 10.6 Å². The van der Waals surface area contributed by atoms with Gasteiger partial charge in [-0.05, 0) is 83.6 Å². The first-order valence-electron chi connectivity index (χ1n) is 18.9. The van der Waals surface area contributed by atoms with Crippen molar-refractivity contribution in [1.82, 2.24) is 15.5 Å². The third-order valence-corrected chi connectivity index (χ3v) is 9.56. The Balaban J connectivity index is 2.23. The fraction of sp³-hybridized carbons (Fsp3) is 1.00. The molecular weight excluding hydrogens is 486 g/mol. The van der Waals surface area contributed by atoms with Crippen LogP contribution in [0.5, 0.6) is 0 Å². The zero-order valence-corrected chi connectivity index (χ0v) is 28.4. The molecule has 1 fully saturated rings. The van der Waals surface area contributed by atoms with Gasteiger partial charge in [-0.25, -0.2) is 0 Å². The third-order valence-electron chi connectivity index (χ3n) is 9.56. The average molecular weight is 564 g/mol. The van der Waals surface area contributed by atoms with Crippen LogP contribution in [0.2, 0.25) is 0 Å². The van der Waals surface area contributed by atoms with E-state index >= 15 is 0 Å². The number of hydrogen-bond donors (Lipinski definition) is 2. The predicted molar refractivity (Wildman–Crippen MR) is 182 cm³/mol. The first-order chi connectivity index (χ1) is 19.7. The van der Waals surface area contributed by atoms with Crippen LogP contribution >= 0.6 is 0 Å². The van der Waals surface area contributed by atoms with E-state index in [0.29, 0.717) is 0 Å².